The van der Waals surface area contributed by atoms with Crippen LogP contribution in [0.4, 0.5) is 11.4 Å². The van der Waals surface area contributed by atoms with Crippen molar-refractivity contribution in [1.82, 2.24) is 0 Å². The molecule has 10 heteroatoms. The molecule has 3 N–H and O–H groups in total. The van der Waals surface area contributed by atoms with Crippen LogP contribution >= 0.6 is 11.6 Å². The van der Waals surface area contributed by atoms with Gasteiger partial charge in [-0.3, -0.25) is 9.69 Å². The molecule has 0 saturated carbocycles. The smallest absolute Gasteiger partial charge is 0.355 e. The average Bonchev–Trinajstić information content (AvgIpc) is 2.99. The van der Waals surface area contributed by atoms with Crippen LogP contribution in [0.5, 0.6) is 0 Å². The Balaban J connectivity index is 2.05. The third-order valence-corrected chi connectivity index (χ3v) is 6.78. The van der Waals surface area contributed by atoms with Gasteiger partial charge in [-0.2, -0.15) is 5.26 Å². The van der Waals surface area contributed by atoms with Crippen LogP contribution in [0, 0.1) is 11.3 Å². The maximum Gasteiger partial charge on any atom is 0.355 e. The van der Waals surface area contributed by atoms with E-state index in [0.717, 1.165) is 5.56 Å². The number of amides is 1. The highest BCUT2D eigenvalue weighted by Gasteiger charge is 2.43. The first-order valence-electron chi connectivity index (χ1n) is 12.7. The third-order valence-electron chi connectivity index (χ3n) is 6.53. The molecule has 3 aromatic carbocycles. The Morgan fingerprint density at radius 1 is 0.976 bits per heavy atom. The number of anilines is 2. The highest BCUT2D eigenvalue weighted by molar-refractivity contribution is 6.30. The molecule has 0 fully saturated rings. The summed E-state index contributed by atoms with van der Waals surface area (Å²) in [5.74, 6) is -3.16. The lowest BCUT2D eigenvalue weighted by molar-refractivity contribution is -0.139. The van der Waals surface area contributed by atoms with Crippen molar-refractivity contribution in [1.29, 1.82) is 5.26 Å². The monoisotopic (exact) mass is 582 g/mol. The topological polar surface area (TPSA) is 135 Å². The molecule has 212 valence electrons. The van der Waals surface area contributed by atoms with E-state index in [0.29, 0.717) is 27.5 Å². The number of hydrogen-bond donors (Lipinski definition) is 2. The van der Waals surface area contributed by atoms with Crippen molar-refractivity contribution < 1.29 is 23.9 Å². The minimum absolute atomic E-state index is 0.0202. The van der Waals surface area contributed by atoms with E-state index >= 15 is 0 Å². The predicted octanol–water partition coefficient (Wildman–Crippen LogP) is 5.37. The number of benzene rings is 3. The van der Waals surface area contributed by atoms with Gasteiger partial charge in [0.1, 0.15) is 11.5 Å². The van der Waals surface area contributed by atoms with Gasteiger partial charge < -0.3 is 20.5 Å². The number of allylic oxidation sites excluding steroid dienone is 1. The van der Waals surface area contributed by atoms with Crippen molar-refractivity contribution in [3.8, 4) is 6.07 Å². The first-order chi connectivity index (χ1) is 20.2. The van der Waals surface area contributed by atoms with Gasteiger partial charge in [0.05, 0.1) is 43.0 Å². The summed E-state index contributed by atoms with van der Waals surface area (Å²) in [6.45, 7) is 1.36. The largest absolute Gasteiger partial charge is 0.466 e. The predicted molar refractivity (Wildman–Crippen MR) is 161 cm³/mol. The molecule has 1 heterocycles. The number of carbonyl (C=O) groups is 3. The fourth-order valence-electron chi connectivity index (χ4n) is 4.68. The number of methoxy groups -OCH3 is 2. The van der Waals surface area contributed by atoms with Crippen LogP contribution in [-0.4, -0.2) is 32.1 Å². The SMILES string of the molecule is COC(=O)C1=C(C(=O)OC)N(c2cc(NC(C)=O)ccc2C=Cc2ccc(Cl)cc2)C(N)=C(C#N)C1c1ccccc1. The van der Waals surface area contributed by atoms with E-state index in [-0.39, 0.29) is 28.6 Å². The molecule has 1 amide bonds. The van der Waals surface area contributed by atoms with Crippen LogP contribution in [0.25, 0.3) is 12.2 Å². The first kappa shape index (κ1) is 29.6. The summed E-state index contributed by atoms with van der Waals surface area (Å²) in [5.41, 5.74) is 8.97. The van der Waals surface area contributed by atoms with E-state index in [1.807, 2.05) is 18.2 Å². The lowest BCUT2D eigenvalue weighted by Crippen LogP contribution is -2.41. The Bertz CT molecular complexity index is 1670. The minimum atomic E-state index is -1.01. The number of nitriles is 1. The fourth-order valence-corrected chi connectivity index (χ4v) is 4.81. The number of esters is 2. The second kappa shape index (κ2) is 12.9. The van der Waals surface area contributed by atoms with Crippen LogP contribution in [0.2, 0.25) is 5.02 Å². The van der Waals surface area contributed by atoms with Gasteiger partial charge in [-0.15, -0.1) is 0 Å². The molecule has 0 bridgehead atoms. The minimum Gasteiger partial charge on any atom is -0.466 e. The maximum atomic E-state index is 13.5. The molecule has 42 heavy (non-hydrogen) atoms. The van der Waals surface area contributed by atoms with Crippen molar-refractivity contribution in [2.24, 2.45) is 5.73 Å². The quantitative estimate of drug-likeness (QED) is 0.280. The van der Waals surface area contributed by atoms with E-state index in [1.54, 1.807) is 66.7 Å². The summed E-state index contributed by atoms with van der Waals surface area (Å²) in [6.07, 6.45) is 3.59. The van der Waals surface area contributed by atoms with E-state index in [2.05, 4.69) is 11.4 Å². The molecule has 1 atom stereocenters. The van der Waals surface area contributed by atoms with E-state index < -0.39 is 17.9 Å². The van der Waals surface area contributed by atoms with Crippen molar-refractivity contribution in [2.45, 2.75) is 12.8 Å². The zero-order chi connectivity index (χ0) is 30.4. The van der Waals surface area contributed by atoms with Gasteiger partial charge in [-0.05, 0) is 41.0 Å². The molecule has 9 nitrogen and oxygen atoms in total. The van der Waals surface area contributed by atoms with Gasteiger partial charge >= 0.3 is 11.9 Å². The van der Waals surface area contributed by atoms with E-state index in [1.165, 1.54) is 26.0 Å². The highest BCUT2D eigenvalue weighted by atomic mass is 35.5. The number of nitrogens with one attached hydrogen (secondary N) is 1. The van der Waals surface area contributed by atoms with Crippen molar-refractivity contribution >= 4 is 53.0 Å². The molecule has 0 aromatic heterocycles. The van der Waals surface area contributed by atoms with E-state index in [4.69, 9.17) is 26.8 Å². The van der Waals surface area contributed by atoms with Crippen molar-refractivity contribution in [3.05, 3.63) is 117 Å². The lowest BCUT2D eigenvalue weighted by atomic mass is 9.80. The van der Waals surface area contributed by atoms with Gasteiger partial charge in [0.15, 0.2) is 0 Å². The van der Waals surface area contributed by atoms with Gasteiger partial charge in [-0.25, -0.2) is 9.59 Å². The van der Waals surface area contributed by atoms with Gasteiger partial charge in [0.25, 0.3) is 0 Å². The zero-order valence-corrected chi connectivity index (χ0v) is 23.8. The normalized spacial score (nSPS) is 14.9. The number of halogens is 1. The second-order valence-electron chi connectivity index (χ2n) is 9.17. The first-order valence-corrected chi connectivity index (χ1v) is 13.1. The Labute approximate surface area is 248 Å². The number of rotatable bonds is 7. The Morgan fingerprint density at radius 3 is 2.24 bits per heavy atom. The molecule has 0 aliphatic carbocycles. The number of nitrogens with two attached hydrogens (primary N) is 1. The molecule has 1 aliphatic rings. The van der Waals surface area contributed by atoms with Crippen molar-refractivity contribution in [3.63, 3.8) is 0 Å². The Kier molecular flexibility index (Phi) is 9.10. The standard InChI is InChI=1S/C32H27ClN4O5/c1-19(38)36-24-16-13-21(12-9-20-10-14-23(33)15-11-20)26(17-24)37-29(32(40)42-3)28(31(39)41-2)27(25(18-34)30(37)35)22-7-5-4-6-8-22/h4-17,27H,35H2,1-3H3,(H,36,38). The summed E-state index contributed by atoms with van der Waals surface area (Å²) in [5, 5.41) is 13.6. The van der Waals surface area contributed by atoms with Crippen LogP contribution in [-0.2, 0) is 23.9 Å². The molecular weight excluding hydrogens is 556 g/mol. The van der Waals surface area contributed by atoms with Gasteiger partial charge in [0, 0.05) is 17.6 Å². The number of carbonyl (C=O) groups excluding carboxylic acids is 3. The molecule has 1 unspecified atom stereocenters. The zero-order valence-electron chi connectivity index (χ0n) is 23.1. The molecule has 0 radical (unpaired) electrons. The lowest BCUT2D eigenvalue weighted by Gasteiger charge is -2.36. The van der Waals surface area contributed by atoms with E-state index in [9.17, 15) is 19.6 Å². The Morgan fingerprint density at radius 2 is 1.64 bits per heavy atom. The second-order valence-corrected chi connectivity index (χ2v) is 9.61. The summed E-state index contributed by atoms with van der Waals surface area (Å²) < 4.78 is 10.2. The molecular formula is C32H27ClN4O5. The highest BCUT2D eigenvalue weighted by Crippen LogP contribution is 2.44. The van der Waals surface area contributed by atoms with Crippen LogP contribution in [0.1, 0.15) is 29.5 Å². The molecule has 3 aromatic rings. The van der Waals surface area contributed by atoms with Crippen molar-refractivity contribution in [2.75, 3.05) is 24.4 Å². The van der Waals surface area contributed by atoms with Gasteiger partial charge in [0.2, 0.25) is 5.91 Å². The Hall–Kier alpha value is -5.33. The number of ether oxygens (including phenoxy) is 2. The molecule has 0 spiro atoms. The van der Waals surface area contributed by atoms with Crippen LogP contribution in [0.15, 0.2) is 95.5 Å². The maximum absolute atomic E-state index is 13.5. The van der Waals surface area contributed by atoms with Crippen LogP contribution < -0.4 is 16.0 Å². The van der Waals surface area contributed by atoms with Crippen LogP contribution in [0.3, 0.4) is 0 Å². The number of hydrogen-bond acceptors (Lipinski definition) is 8. The summed E-state index contributed by atoms with van der Waals surface area (Å²) in [7, 11) is 2.36. The summed E-state index contributed by atoms with van der Waals surface area (Å²) >= 11 is 6.03. The molecule has 0 saturated heterocycles. The fraction of sp³-hybridized carbons (Fsp3) is 0.125. The number of nitrogens with zero attached hydrogens (tertiary/aromatic N) is 2. The van der Waals surface area contributed by atoms with Gasteiger partial charge in [-0.1, -0.05) is 72.3 Å². The summed E-state index contributed by atoms with van der Waals surface area (Å²) in [6, 6.07) is 23.0. The summed E-state index contributed by atoms with van der Waals surface area (Å²) in [4.78, 5) is 40.1. The molecule has 4 rings (SSSR count). The average molecular weight is 583 g/mol. The molecule has 1 aliphatic heterocycles. The third kappa shape index (κ3) is 6.04.